The second-order valence-corrected chi connectivity index (χ2v) is 1.54. The van der Waals surface area contributed by atoms with Crippen LogP contribution >= 0.6 is 7.82 Å². The van der Waals surface area contributed by atoms with Crippen LogP contribution in [0.4, 0.5) is 0 Å². The minimum absolute atomic E-state index is 0. The molecule has 14 heteroatoms. The van der Waals surface area contributed by atoms with Crippen LogP contribution < -0.4 is 0 Å². The zero-order valence-electron chi connectivity index (χ0n) is 26.6. The van der Waals surface area contributed by atoms with Crippen LogP contribution in [0.25, 0.3) is 0 Å². The Hall–Kier alpha value is 11.7. The van der Waals surface area contributed by atoms with Gasteiger partial charge in [-0.05, 0) is 0 Å². The summed E-state index contributed by atoms with van der Waals surface area (Å²) in [5.74, 6) is 0. The fourth-order valence-electron chi connectivity index (χ4n) is 0. The van der Waals surface area contributed by atoms with Gasteiger partial charge < -0.3 is 40.4 Å². The summed E-state index contributed by atoms with van der Waals surface area (Å²) in [7, 11) is -4.64. The molecule has 0 aromatic carbocycles. The minimum Gasteiger partial charge on any atom is -1.00 e. The average Bonchev–Trinajstić information content (AvgIpc) is 0.722. The summed E-state index contributed by atoms with van der Waals surface area (Å²) in [4.78, 5) is 21.6. The molecule has 0 aliphatic carbocycles. The molecule has 0 spiro atoms. The first kappa shape index (κ1) is 63.6. The van der Waals surface area contributed by atoms with E-state index in [4.69, 9.17) is 19.2 Å². The Kier molecular flexibility index (Phi) is 201. The van der Waals surface area contributed by atoms with Gasteiger partial charge >= 0.3 is 355 Å². The maximum atomic E-state index is 8.88. The molecular weight excluding hydrogens is 503 g/mol. The second-order valence-electron chi connectivity index (χ2n) is 0.513. The first-order chi connectivity index (χ1) is 2.00. The largest absolute Gasteiger partial charge is 2.00 e. The van der Waals surface area contributed by atoms with E-state index in [9.17, 15) is 0 Å². The first-order valence-electron chi connectivity index (χ1n) is 0.783. The van der Waals surface area contributed by atoms with Gasteiger partial charge in [0.05, 0.1) is 0 Å². The molecule has 0 saturated carbocycles. The van der Waals surface area contributed by atoms with Crippen molar-refractivity contribution < 1.29 is 44.9 Å². The number of rotatable bonds is 0. The normalized spacial score (nSPS) is 4.21. The van der Waals surface area contributed by atoms with Gasteiger partial charge in [0.2, 0.25) is 0 Å². The van der Waals surface area contributed by atoms with Crippen molar-refractivity contribution in [2.75, 3.05) is 0 Å². The summed E-state index contributed by atoms with van der Waals surface area (Å²) in [6, 6.07) is 0. The van der Waals surface area contributed by atoms with E-state index < -0.39 is 7.82 Å². The van der Waals surface area contributed by atoms with E-state index in [2.05, 4.69) is 0 Å². The Morgan fingerprint density at radius 3 is 0.643 bits per heavy atom. The Labute approximate surface area is 387 Å². The average molecular weight is 524 g/mol. The Morgan fingerprint density at radius 2 is 0.643 bits per heavy atom. The van der Waals surface area contributed by atoms with E-state index >= 15 is 0 Å². The molecule has 0 radical (unpaired) electrons. The molecule has 0 aliphatic heterocycles. The molecular formula is H21Ca8O4PSr. The van der Waals surface area contributed by atoms with Crippen molar-refractivity contribution in [1.82, 2.24) is 0 Å². The molecule has 0 aromatic rings. The van der Waals surface area contributed by atoms with Crippen LogP contribution in [0.1, 0.15) is 25.7 Å². The monoisotopic (exact) mass is 524 g/mol. The molecule has 0 saturated heterocycles. The molecule has 0 rings (SSSR count). The van der Waals surface area contributed by atoms with Gasteiger partial charge in [0.1, 0.15) is 0 Å². The topological polar surface area (TPSA) is 77.8 Å². The molecule has 0 heterocycles. The van der Waals surface area contributed by atoms with Crippen molar-refractivity contribution >= 4 is 355 Å². The molecule has 0 fully saturated rings. The smallest absolute Gasteiger partial charge is 1.00 e. The van der Waals surface area contributed by atoms with E-state index in [1.807, 2.05) is 0 Å². The molecule has 14 heavy (non-hydrogen) atoms. The van der Waals surface area contributed by atoms with Crippen molar-refractivity contribution in [3.05, 3.63) is 0 Å². The summed E-state index contributed by atoms with van der Waals surface area (Å²) < 4.78 is 8.88. The SMILES string of the molecule is O=P(O)(O)O.[Ca+2].[Ca+2].[Ca+2].[Ca+2].[Ca+2].[Ca+2].[Ca+2].[Ca+2].[H-].[H-].[H-].[H-].[H-].[H-].[H-].[H-].[H-].[H-].[H-].[H-].[H-].[H-].[H-].[H-].[H-].[H-].[Sr+2]. The summed E-state index contributed by atoms with van der Waals surface area (Å²) >= 11 is 0. The first-order valence-corrected chi connectivity index (χ1v) is 2.35. The molecule has 0 aromatic heterocycles. The second kappa shape index (κ2) is 44.3. The van der Waals surface area contributed by atoms with Crippen molar-refractivity contribution in [2.24, 2.45) is 0 Å². The van der Waals surface area contributed by atoms with Gasteiger partial charge in [0.15, 0.2) is 0 Å². The number of hydrogen-bond acceptors (Lipinski definition) is 1. The van der Waals surface area contributed by atoms with Crippen molar-refractivity contribution in [2.45, 2.75) is 0 Å². The van der Waals surface area contributed by atoms with Gasteiger partial charge in [0.25, 0.3) is 0 Å². The van der Waals surface area contributed by atoms with Gasteiger partial charge in [-0.15, -0.1) is 0 Å². The fourth-order valence-corrected chi connectivity index (χ4v) is 0. The van der Waals surface area contributed by atoms with E-state index in [1.54, 1.807) is 0 Å². The Balaban J connectivity index is -0.000000000228. The van der Waals surface area contributed by atoms with Crippen molar-refractivity contribution in [3.63, 3.8) is 0 Å². The van der Waals surface area contributed by atoms with Gasteiger partial charge in [-0.1, -0.05) is 0 Å². The quantitative estimate of drug-likeness (QED) is 0.246. The minimum atomic E-state index is -4.64. The number of phosphoric acid groups is 1. The van der Waals surface area contributed by atoms with Crippen LogP contribution in [0.3, 0.4) is 0 Å². The molecule has 0 aliphatic rings. The van der Waals surface area contributed by atoms with Crippen LogP contribution in [0.15, 0.2) is 0 Å². The van der Waals surface area contributed by atoms with E-state index in [1.165, 1.54) is 0 Å². The molecule has 3 N–H and O–H groups in total. The van der Waals surface area contributed by atoms with Crippen LogP contribution in [-0.2, 0) is 4.57 Å². The van der Waals surface area contributed by atoms with Crippen molar-refractivity contribution in [1.29, 1.82) is 0 Å². The van der Waals surface area contributed by atoms with E-state index in [0.29, 0.717) is 0 Å². The molecule has 0 amide bonds. The molecule has 68 valence electrons. The standard InChI is InChI=1S/8Ca.H3O4P.Sr.18H/c;;;;;;;;1-5(2,3)4;;;;;;;;;;;;;;;;;;;/h;;;;;;;;(H3,1,2,3,4);;;;;;;;;;;;;;;;;;;/q8*+2;;+2;18*-1. The van der Waals surface area contributed by atoms with Crippen LogP contribution in [-0.4, -0.2) is 362 Å². The maximum Gasteiger partial charge on any atom is 2.00 e. The predicted molar refractivity (Wildman–Crippen MR) is 86.1 cm³/mol. The van der Waals surface area contributed by atoms with Crippen LogP contribution in [0.2, 0.25) is 0 Å². The van der Waals surface area contributed by atoms with E-state index in [-0.39, 0.29) is 373 Å². The molecule has 4 nitrogen and oxygen atoms in total. The molecule has 0 atom stereocenters. The third kappa shape index (κ3) is 89.3. The van der Waals surface area contributed by atoms with Crippen LogP contribution in [0, 0.1) is 0 Å². The summed E-state index contributed by atoms with van der Waals surface area (Å²) in [6.07, 6.45) is 0. The Morgan fingerprint density at radius 1 is 0.643 bits per heavy atom. The summed E-state index contributed by atoms with van der Waals surface area (Å²) in [6.45, 7) is 0. The van der Waals surface area contributed by atoms with Gasteiger partial charge in [0, 0.05) is 0 Å². The molecule has 0 unspecified atom stereocenters. The molecule has 0 bridgehead atoms. The van der Waals surface area contributed by atoms with Crippen molar-refractivity contribution in [3.8, 4) is 0 Å². The van der Waals surface area contributed by atoms with E-state index in [0.717, 1.165) is 0 Å². The van der Waals surface area contributed by atoms with Gasteiger partial charge in [-0.3, -0.25) is 0 Å². The fraction of sp³-hybridized carbons (Fsp3) is 0. The van der Waals surface area contributed by atoms with Gasteiger partial charge in [-0.2, -0.15) is 0 Å². The predicted octanol–water partition coefficient (Wildman–Crippen LogP) is -2.33. The summed E-state index contributed by atoms with van der Waals surface area (Å²) in [5, 5.41) is 0. The Bertz CT molecular complexity index is 99.1. The zero-order valence-corrected chi connectivity index (χ0v) is 30.6. The zero-order chi connectivity index (χ0) is 4.50. The number of hydrogen-bond donors (Lipinski definition) is 3. The third-order valence-corrected chi connectivity index (χ3v) is 0. The third-order valence-electron chi connectivity index (χ3n) is 0. The van der Waals surface area contributed by atoms with Gasteiger partial charge in [-0.25, -0.2) is 4.57 Å². The summed E-state index contributed by atoms with van der Waals surface area (Å²) in [5.41, 5.74) is 0. The van der Waals surface area contributed by atoms with Crippen LogP contribution in [0.5, 0.6) is 0 Å². The maximum absolute atomic E-state index is 8.88.